The van der Waals surface area contributed by atoms with Crippen LogP contribution in [0.15, 0.2) is 54.6 Å². The fraction of sp³-hybridized carbons (Fsp3) is 0.235. The number of hydrogen-bond donors (Lipinski definition) is 0. The van der Waals surface area contributed by atoms with Gasteiger partial charge in [-0.2, -0.15) is 13.2 Å². The third-order valence-electron chi connectivity index (χ3n) is 3.89. The summed E-state index contributed by atoms with van der Waals surface area (Å²) in [6, 6.07) is 14.2. The molecule has 1 atom stereocenters. The van der Waals surface area contributed by atoms with E-state index in [-0.39, 0.29) is 5.91 Å². The molecule has 1 amide bonds. The van der Waals surface area contributed by atoms with Crippen molar-refractivity contribution >= 4 is 11.6 Å². The fourth-order valence-electron chi connectivity index (χ4n) is 2.79. The van der Waals surface area contributed by atoms with Crippen molar-refractivity contribution in [2.45, 2.75) is 18.5 Å². The third-order valence-corrected chi connectivity index (χ3v) is 3.89. The zero-order chi connectivity index (χ0) is 15.7. The molecule has 1 heterocycles. The zero-order valence-electron chi connectivity index (χ0n) is 11.7. The third kappa shape index (κ3) is 2.71. The highest BCUT2D eigenvalue weighted by atomic mass is 19.4. The number of carbonyl (C=O) groups is 1. The first-order valence-electron chi connectivity index (χ1n) is 7.00. The van der Waals surface area contributed by atoms with Gasteiger partial charge >= 0.3 is 6.18 Å². The summed E-state index contributed by atoms with van der Waals surface area (Å²) in [6.07, 6.45) is -3.87. The Morgan fingerprint density at radius 2 is 1.73 bits per heavy atom. The van der Waals surface area contributed by atoms with Crippen molar-refractivity contribution in [2.75, 3.05) is 11.4 Å². The Hall–Kier alpha value is -2.30. The minimum Gasteiger partial charge on any atom is -0.312 e. The number of anilines is 1. The summed E-state index contributed by atoms with van der Waals surface area (Å²) < 4.78 is 38.4. The number of rotatable bonds is 2. The molecule has 1 unspecified atom stereocenters. The van der Waals surface area contributed by atoms with Crippen LogP contribution in [0.2, 0.25) is 0 Å². The van der Waals surface area contributed by atoms with Crippen LogP contribution >= 0.6 is 0 Å². The number of para-hydroxylation sites is 1. The van der Waals surface area contributed by atoms with E-state index in [2.05, 4.69) is 0 Å². The van der Waals surface area contributed by atoms with Gasteiger partial charge in [0.2, 0.25) is 5.91 Å². The van der Waals surface area contributed by atoms with Crippen LogP contribution in [0.3, 0.4) is 0 Å². The number of benzene rings is 2. The van der Waals surface area contributed by atoms with Crippen LogP contribution in [0.25, 0.3) is 0 Å². The Morgan fingerprint density at radius 3 is 2.41 bits per heavy atom. The molecule has 3 rings (SSSR count). The average Bonchev–Trinajstić information content (AvgIpc) is 2.89. The molecule has 1 saturated heterocycles. The van der Waals surface area contributed by atoms with Crippen LogP contribution < -0.4 is 4.90 Å². The van der Waals surface area contributed by atoms with Crippen molar-refractivity contribution in [1.82, 2.24) is 0 Å². The van der Waals surface area contributed by atoms with E-state index >= 15 is 0 Å². The van der Waals surface area contributed by atoms with Gasteiger partial charge in [0, 0.05) is 12.2 Å². The van der Waals surface area contributed by atoms with Gasteiger partial charge in [0.15, 0.2) is 0 Å². The first-order valence-corrected chi connectivity index (χ1v) is 7.00. The highest BCUT2D eigenvalue weighted by Gasteiger charge is 2.36. The topological polar surface area (TPSA) is 20.3 Å². The standard InChI is InChI=1S/C17H14F3NO/c18-17(19,20)13-6-4-5-12(11-13)15-9-10-21(16(15)22)14-7-2-1-3-8-14/h1-8,11,15H,9-10H2. The summed E-state index contributed by atoms with van der Waals surface area (Å²) in [6.45, 7) is 0.518. The van der Waals surface area contributed by atoms with Gasteiger partial charge in [-0.1, -0.05) is 36.4 Å². The second-order valence-corrected chi connectivity index (χ2v) is 5.29. The normalized spacial score (nSPS) is 18.8. The van der Waals surface area contributed by atoms with E-state index < -0.39 is 17.7 Å². The molecule has 0 spiro atoms. The highest BCUT2D eigenvalue weighted by Crippen LogP contribution is 2.35. The molecular weight excluding hydrogens is 291 g/mol. The van der Waals surface area contributed by atoms with Gasteiger partial charge in [0.25, 0.3) is 0 Å². The van der Waals surface area contributed by atoms with Gasteiger partial charge < -0.3 is 4.90 Å². The molecule has 114 valence electrons. The largest absolute Gasteiger partial charge is 0.416 e. The van der Waals surface area contributed by atoms with Crippen LogP contribution in [0.1, 0.15) is 23.5 Å². The maximum atomic E-state index is 12.8. The van der Waals surface area contributed by atoms with Gasteiger partial charge in [-0.25, -0.2) is 0 Å². The lowest BCUT2D eigenvalue weighted by Gasteiger charge is -2.17. The predicted molar refractivity (Wildman–Crippen MR) is 77.6 cm³/mol. The molecule has 22 heavy (non-hydrogen) atoms. The lowest BCUT2D eigenvalue weighted by Crippen LogP contribution is -2.26. The molecule has 2 nitrogen and oxygen atoms in total. The Morgan fingerprint density at radius 1 is 1.00 bits per heavy atom. The minimum absolute atomic E-state index is 0.148. The lowest BCUT2D eigenvalue weighted by atomic mass is 9.96. The molecule has 0 bridgehead atoms. The van der Waals surface area contributed by atoms with Crippen molar-refractivity contribution in [1.29, 1.82) is 0 Å². The second kappa shape index (κ2) is 5.48. The minimum atomic E-state index is -4.39. The Kier molecular flexibility index (Phi) is 3.64. The molecule has 5 heteroatoms. The molecule has 1 aliphatic rings. The molecule has 2 aromatic carbocycles. The maximum absolute atomic E-state index is 12.8. The number of alkyl halides is 3. The highest BCUT2D eigenvalue weighted by molar-refractivity contribution is 6.00. The van der Waals surface area contributed by atoms with Crippen molar-refractivity contribution in [3.05, 3.63) is 65.7 Å². The van der Waals surface area contributed by atoms with Crippen LogP contribution in [0.4, 0.5) is 18.9 Å². The SMILES string of the molecule is O=C1C(c2cccc(C(F)(F)F)c2)CCN1c1ccccc1. The quantitative estimate of drug-likeness (QED) is 0.813. The number of amides is 1. The summed E-state index contributed by atoms with van der Waals surface area (Å²) in [5, 5.41) is 0. The van der Waals surface area contributed by atoms with Gasteiger partial charge in [-0.15, -0.1) is 0 Å². The first kappa shape index (κ1) is 14.6. The molecule has 1 aliphatic heterocycles. The lowest BCUT2D eigenvalue weighted by molar-refractivity contribution is -0.137. The van der Waals surface area contributed by atoms with Crippen LogP contribution in [0.5, 0.6) is 0 Å². The van der Waals surface area contributed by atoms with Crippen molar-refractivity contribution < 1.29 is 18.0 Å². The van der Waals surface area contributed by atoms with Crippen molar-refractivity contribution in [2.24, 2.45) is 0 Å². The molecule has 2 aromatic rings. The smallest absolute Gasteiger partial charge is 0.312 e. The summed E-state index contributed by atoms with van der Waals surface area (Å²) >= 11 is 0. The molecule has 0 N–H and O–H groups in total. The first-order chi connectivity index (χ1) is 10.5. The maximum Gasteiger partial charge on any atom is 0.416 e. The van der Waals surface area contributed by atoms with Crippen LogP contribution in [-0.2, 0) is 11.0 Å². The molecular formula is C17H14F3NO. The Labute approximate surface area is 126 Å². The van der Waals surface area contributed by atoms with E-state index in [0.29, 0.717) is 18.5 Å². The molecule has 0 aliphatic carbocycles. The van der Waals surface area contributed by atoms with E-state index in [4.69, 9.17) is 0 Å². The number of carbonyl (C=O) groups excluding carboxylic acids is 1. The van der Waals surface area contributed by atoms with Gasteiger partial charge in [-0.05, 0) is 30.2 Å². The molecule has 1 fully saturated rings. The van der Waals surface area contributed by atoms with Gasteiger partial charge in [0.1, 0.15) is 0 Å². The van der Waals surface area contributed by atoms with Crippen LogP contribution in [0, 0.1) is 0 Å². The average molecular weight is 305 g/mol. The van der Waals surface area contributed by atoms with E-state index in [1.54, 1.807) is 11.0 Å². The molecule has 0 radical (unpaired) electrons. The summed E-state index contributed by atoms with van der Waals surface area (Å²) in [5.41, 5.74) is 0.496. The van der Waals surface area contributed by atoms with Crippen molar-refractivity contribution in [3.63, 3.8) is 0 Å². The molecule has 0 aromatic heterocycles. The van der Waals surface area contributed by atoms with E-state index in [9.17, 15) is 18.0 Å². The second-order valence-electron chi connectivity index (χ2n) is 5.29. The number of hydrogen-bond acceptors (Lipinski definition) is 1. The predicted octanol–water partition coefficient (Wildman–Crippen LogP) is 4.23. The van der Waals surface area contributed by atoms with E-state index in [1.165, 1.54) is 6.07 Å². The summed E-state index contributed by atoms with van der Waals surface area (Å²) in [5.74, 6) is -0.659. The van der Waals surface area contributed by atoms with Gasteiger partial charge in [-0.3, -0.25) is 4.79 Å². The van der Waals surface area contributed by atoms with Crippen molar-refractivity contribution in [3.8, 4) is 0 Å². The summed E-state index contributed by atoms with van der Waals surface area (Å²) in [7, 11) is 0. The monoisotopic (exact) mass is 305 g/mol. The Balaban J connectivity index is 1.87. The van der Waals surface area contributed by atoms with Crippen LogP contribution in [-0.4, -0.2) is 12.5 Å². The molecule has 0 saturated carbocycles. The number of halogens is 3. The summed E-state index contributed by atoms with van der Waals surface area (Å²) in [4.78, 5) is 14.1. The van der Waals surface area contributed by atoms with E-state index in [0.717, 1.165) is 17.8 Å². The zero-order valence-corrected chi connectivity index (χ0v) is 11.7. The van der Waals surface area contributed by atoms with E-state index in [1.807, 2.05) is 30.3 Å². The fourth-order valence-corrected chi connectivity index (χ4v) is 2.79. The Bertz CT molecular complexity index is 682. The van der Waals surface area contributed by atoms with Gasteiger partial charge in [0.05, 0.1) is 11.5 Å². The number of nitrogens with zero attached hydrogens (tertiary/aromatic N) is 1.